The monoisotopic (exact) mass is 483 g/mol. The molecule has 3 amide bonds. The van der Waals surface area contributed by atoms with Crippen LogP contribution in [-0.2, 0) is 11.2 Å². The molecule has 35 heavy (non-hydrogen) atoms. The second-order valence-electron chi connectivity index (χ2n) is 12.0. The van der Waals surface area contributed by atoms with Crippen LogP contribution < -0.4 is 5.32 Å². The number of hydrogen-bond acceptors (Lipinski definition) is 4. The minimum atomic E-state index is -0.143. The van der Waals surface area contributed by atoms with Crippen molar-refractivity contribution >= 4 is 17.7 Å². The zero-order valence-electron chi connectivity index (χ0n) is 21.6. The molecule has 8 heteroatoms. The lowest BCUT2D eigenvalue weighted by atomic mass is 9.75. The van der Waals surface area contributed by atoms with E-state index in [0.29, 0.717) is 13.0 Å². The Labute approximate surface area is 208 Å². The highest BCUT2D eigenvalue weighted by Crippen LogP contribution is 2.43. The molecule has 5 rings (SSSR count). The van der Waals surface area contributed by atoms with Crippen molar-refractivity contribution in [3.8, 4) is 0 Å². The second kappa shape index (κ2) is 9.58. The van der Waals surface area contributed by atoms with Gasteiger partial charge in [-0.05, 0) is 50.4 Å². The number of hydrogen-bond donors (Lipinski definition) is 1. The molecule has 2 saturated heterocycles. The van der Waals surface area contributed by atoms with E-state index in [2.05, 4.69) is 23.8 Å². The molecule has 3 fully saturated rings. The number of carbonyl (C=O) groups is 3. The van der Waals surface area contributed by atoms with Gasteiger partial charge in [0.25, 0.3) is 0 Å². The summed E-state index contributed by atoms with van der Waals surface area (Å²) in [6, 6.07) is 0.302. The number of amides is 3. The third-order valence-corrected chi connectivity index (χ3v) is 8.62. The number of ketones is 1. The average molecular weight is 484 g/mol. The Kier molecular flexibility index (Phi) is 6.66. The third kappa shape index (κ3) is 4.85. The van der Waals surface area contributed by atoms with E-state index in [1.807, 2.05) is 9.80 Å². The standard InChI is InChI=1S/C27H41N5O3/c1-18(33)30-14-11-20(12-15-30)32-22-16-27(2,3)17-23(34)24(22)25(29-32)21-10-7-13-31(21)26(35)28-19-8-5-4-6-9-19/h19-21H,4-17H2,1-3H3,(H,28,35)/t21-/m0/s1. The quantitative estimate of drug-likeness (QED) is 0.690. The maximum absolute atomic E-state index is 13.5. The van der Waals surface area contributed by atoms with E-state index >= 15 is 0 Å². The second-order valence-corrected chi connectivity index (χ2v) is 12.0. The zero-order valence-corrected chi connectivity index (χ0v) is 21.6. The van der Waals surface area contributed by atoms with Crippen molar-refractivity contribution in [2.45, 2.75) is 110 Å². The van der Waals surface area contributed by atoms with Crippen LogP contribution in [0.3, 0.4) is 0 Å². The number of Topliss-reactive ketones (excluding diaryl/α,β-unsaturated/α-hetero) is 1. The van der Waals surface area contributed by atoms with Crippen LogP contribution in [0.25, 0.3) is 0 Å². The van der Waals surface area contributed by atoms with E-state index in [4.69, 9.17) is 5.10 Å². The Balaban J connectivity index is 1.44. The van der Waals surface area contributed by atoms with Crippen LogP contribution in [0, 0.1) is 5.41 Å². The third-order valence-electron chi connectivity index (χ3n) is 8.62. The number of nitrogens with one attached hydrogen (secondary N) is 1. The molecular formula is C27H41N5O3. The molecule has 0 aromatic carbocycles. The molecule has 2 aliphatic heterocycles. The normalized spacial score (nSPS) is 25.6. The van der Waals surface area contributed by atoms with Gasteiger partial charge in [-0.1, -0.05) is 33.1 Å². The Morgan fingerprint density at radius 3 is 2.34 bits per heavy atom. The molecule has 4 aliphatic rings. The first kappa shape index (κ1) is 24.3. The van der Waals surface area contributed by atoms with E-state index in [9.17, 15) is 14.4 Å². The van der Waals surface area contributed by atoms with Gasteiger partial charge in [-0.2, -0.15) is 5.10 Å². The highest BCUT2D eigenvalue weighted by atomic mass is 16.2. The average Bonchev–Trinajstić information content (AvgIpc) is 3.44. The van der Waals surface area contributed by atoms with Crippen LogP contribution in [0.4, 0.5) is 4.79 Å². The Morgan fingerprint density at radius 2 is 1.66 bits per heavy atom. The lowest BCUT2D eigenvalue weighted by Crippen LogP contribution is -2.45. The lowest BCUT2D eigenvalue weighted by molar-refractivity contribution is -0.130. The predicted molar refractivity (Wildman–Crippen MR) is 133 cm³/mol. The van der Waals surface area contributed by atoms with Gasteiger partial charge in [0, 0.05) is 39.0 Å². The summed E-state index contributed by atoms with van der Waals surface area (Å²) in [6.07, 6.45) is 10.5. The van der Waals surface area contributed by atoms with Gasteiger partial charge in [0.15, 0.2) is 5.78 Å². The van der Waals surface area contributed by atoms with Gasteiger partial charge in [0.2, 0.25) is 5.91 Å². The number of rotatable bonds is 3. The van der Waals surface area contributed by atoms with Crippen molar-refractivity contribution in [1.29, 1.82) is 0 Å². The predicted octanol–water partition coefficient (Wildman–Crippen LogP) is 4.40. The van der Waals surface area contributed by atoms with Crippen LogP contribution in [0.15, 0.2) is 0 Å². The van der Waals surface area contributed by atoms with E-state index in [-0.39, 0.29) is 41.3 Å². The summed E-state index contributed by atoms with van der Waals surface area (Å²) in [5, 5.41) is 8.41. The fourth-order valence-corrected chi connectivity index (χ4v) is 6.76. The van der Waals surface area contributed by atoms with Gasteiger partial charge in [-0.15, -0.1) is 0 Å². The molecule has 0 spiro atoms. The molecular weight excluding hydrogens is 442 g/mol. The Hall–Kier alpha value is -2.38. The molecule has 192 valence electrons. The van der Waals surface area contributed by atoms with E-state index in [0.717, 1.165) is 75.0 Å². The number of nitrogens with zero attached hydrogens (tertiary/aromatic N) is 4. The number of likely N-dealkylation sites (tertiary alicyclic amines) is 2. The molecule has 8 nitrogen and oxygen atoms in total. The van der Waals surface area contributed by atoms with Gasteiger partial charge in [-0.3, -0.25) is 14.3 Å². The van der Waals surface area contributed by atoms with E-state index in [1.165, 1.54) is 19.3 Å². The van der Waals surface area contributed by atoms with Crippen molar-refractivity contribution in [1.82, 2.24) is 24.9 Å². The van der Waals surface area contributed by atoms with Crippen molar-refractivity contribution in [3.05, 3.63) is 17.0 Å². The smallest absolute Gasteiger partial charge is 0.318 e. The molecule has 1 aromatic rings. The first-order valence-electron chi connectivity index (χ1n) is 13.7. The molecule has 0 bridgehead atoms. The summed E-state index contributed by atoms with van der Waals surface area (Å²) < 4.78 is 2.12. The van der Waals surface area contributed by atoms with Gasteiger partial charge in [0.05, 0.1) is 29.0 Å². The number of piperidine rings is 1. The fourth-order valence-electron chi connectivity index (χ4n) is 6.76. The van der Waals surface area contributed by atoms with Crippen LogP contribution in [0.1, 0.15) is 119 Å². The minimum Gasteiger partial charge on any atom is -0.343 e. The molecule has 1 saturated carbocycles. The van der Waals surface area contributed by atoms with E-state index in [1.54, 1.807) is 6.92 Å². The summed E-state index contributed by atoms with van der Waals surface area (Å²) >= 11 is 0. The van der Waals surface area contributed by atoms with Gasteiger partial charge < -0.3 is 15.1 Å². The number of fused-ring (bicyclic) bond motifs is 1. The molecule has 1 N–H and O–H groups in total. The topological polar surface area (TPSA) is 87.5 Å². The van der Waals surface area contributed by atoms with Crippen molar-refractivity contribution in [2.24, 2.45) is 5.41 Å². The number of carbonyl (C=O) groups excluding carboxylic acids is 3. The minimum absolute atomic E-state index is 0.000977. The number of urea groups is 1. The van der Waals surface area contributed by atoms with Crippen LogP contribution in [-0.4, -0.2) is 63.0 Å². The maximum atomic E-state index is 13.5. The SMILES string of the molecule is CC(=O)N1CCC(n2nc([C@@H]3CCCN3C(=O)NC3CCCCC3)c3c2CC(C)(C)CC3=O)CC1. The maximum Gasteiger partial charge on any atom is 0.318 e. The van der Waals surface area contributed by atoms with Crippen LogP contribution in [0.5, 0.6) is 0 Å². The summed E-state index contributed by atoms with van der Waals surface area (Å²) in [5.74, 6) is 0.284. The van der Waals surface area contributed by atoms with Gasteiger partial charge >= 0.3 is 6.03 Å². The largest absolute Gasteiger partial charge is 0.343 e. The van der Waals surface area contributed by atoms with Crippen molar-refractivity contribution < 1.29 is 14.4 Å². The Morgan fingerprint density at radius 1 is 0.943 bits per heavy atom. The fraction of sp³-hybridized carbons (Fsp3) is 0.778. The molecule has 1 atom stereocenters. The summed E-state index contributed by atoms with van der Waals surface area (Å²) in [6.45, 7) is 8.09. The van der Waals surface area contributed by atoms with E-state index < -0.39 is 0 Å². The lowest BCUT2D eigenvalue weighted by Gasteiger charge is -2.34. The van der Waals surface area contributed by atoms with Crippen LogP contribution in [0.2, 0.25) is 0 Å². The van der Waals surface area contributed by atoms with Gasteiger partial charge in [0.1, 0.15) is 0 Å². The van der Waals surface area contributed by atoms with Crippen molar-refractivity contribution in [2.75, 3.05) is 19.6 Å². The molecule has 1 aromatic heterocycles. The summed E-state index contributed by atoms with van der Waals surface area (Å²) in [4.78, 5) is 42.5. The summed E-state index contributed by atoms with van der Waals surface area (Å²) in [7, 11) is 0. The van der Waals surface area contributed by atoms with Crippen LogP contribution >= 0.6 is 0 Å². The summed E-state index contributed by atoms with van der Waals surface area (Å²) in [5.41, 5.74) is 2.53. The first-order chi connectivity index (χ1) is 16.7. The number of aromatic nitrogens is 2. The molecule has 2 aliphatic carbocycles. The molecule has 3 heterocycles. The highest BCUT2D eigenvalue weighted by Gasteiger charge is 2.42. The first-order valence-corrected chi connectivity index (χ1v) is 13.7. The Bertz CT molecular complexity index is 985. The molecule has 0 radical (unpaired) electrons. The zero-order chi connectivity index (χ0) is 24.7. The van der Waals surface area contributed by atoms with Crippen molar-refractivity contribution in [3.63, 3.8) is 0 Å². The van der Waals surface area contributed by atoms with Gasteiger partial charge in [-0.25, -0.2) is 4.79 Å². The highest BCUT2D eigenvalue weighted by molar-refractivity contribution is 6.00. The molecule has 0 unspecified atom stereocenters.